The van der Waals surface area contributed by atoms with E-state index in [0.29, 0.717) is 5.69 Å². The van der Waals surface area contributed by atoms with Gasteiger partial charge >= 0.3 is 0 Å². The van der Waals surface area contributed by atoms with E-state index < -0.39 is 16.7 Å². The molecule has 1 aromatic rings. The van der Waals surface area contributed by atoms with Crippen LogP contribution >= 0.6 is 0 Å². The monoisotopic (exact) mass is 235 g/mol. The molecule has 0 atom stereocenters. The van der Waals surface area contributed by atoms with Gasteiger partial charge in [-0.1, -0.05) is 6.58 Å². The van der Waals surface area contributed by atoms with Crippen molar-refractivity contribution in [2.45, 2.75) is 6.92 Å². The van der Waals surface area contributed by atoms with Gasteiger partial charge in [0.1, 0.15) is 6.20 Å². The van der Waals surface area contributed by atoms with Crippen LogP contribution in [0.4, 0.5) is 5.69 Å². The van der Waals surface area contributed by atoms with E-state index in [1.54, 1.807) is 0 Å². The molecule has 1 heterocycles. The maximum absolute atomic E-state index is 11.6. The smallest absolute Gasteiger partial charge is 0.288 e. The number of hydrogen-bond acceptors (Lipinski definition) is 5. The van der Waals surface area contributed by atoms with Crippen LogP contribution in [0.2, 0.25) is 0 Å². The zero-order valence-corrected chi connectivity index (χ0v) is 8.97. The van der Waals surface area contributed by atoms with Crippen molar-refractivity contribution in [2.75, 3.05) is 0 Å². The first kappa shape index (κ1) is 12.5. The van der Waals surface area contributed by atoms with Gasteiger partial charge in [0.15, 0.2) is 0 Å². The molecule has 7 nitrogen and oxygen atoms in total. The molecule has 2 amide bonds. The normalized spacial score (nSPS) is 9.47. The van der Waals surface area contributed by atoms with Crippen LogP contribution in [0.3, 0.4) is 0 Å². The second-order valence-electron chi connectivity index (χ2n) is 3.11. The third-order valence-corrected chi connectivity index (χ3v) is 1.95. The van der Waals surface area contributed by atoms with Gasteiger partial charge in [-0.05, 0) is 13.0 Å². The fourth-order valence-corrected chi connectivity index (χ4v) is 1.08. The number of rotatable bonds is 3. The first-order valence-corrected chi connectivity index (χ1v) is 4.54. The van der Waals surface area contributed by atoms with Gasteiger partial charge in [-0.3, -0.25) is 30.0 Å². The number of carbonyl (C=O) groups excluding carboxylic acids is 2. The van der Waals surface area contributed by atoms with E-state index in [-0.39, 0.29) is 11.3 Å². The molecule has 17 heavy (non-hydrogen) atoms. The molecule has 0 saturated heterocycles. The SMILES string of the molecule is C=CC(=O)NC(=O)c1cc([N+](=O)[O-])cnc1C. The average molecular weight is 235 g/mol. The molecule has 0 aromatic carbocycles. The summed E-state index contributed by atoms with van der Waals surface area (Å²) < 4.78 is 0. The van der Waals surface area contributed by atoms with Gasteiger partial charge in [0, 0.05) is 6.07 Å². The van der Waals surface area contributed by atoms with Crippen molar-refractivity contribution in [3.8, 4) is 0 Å². The van der Waals surface area contributed by atoms with E-state index in [0.717, 1.165) is 18.3 Å². The standard InChI is InChI=1S/C10H9N3O4/c1-3-9(14)12-10(15)8-4-7(13(16)17)5-11-6(8)2/h3-5H,1H2,2H3,(H,12,14,15). The van der Waals surface area contributed by atoms with E-state index in [9.17, 15) is 19.7 Å². The number of nitro groups is 1. The molecule has 0 unspecified atom stereocenters. The van der Waals surface area contributed by atoms with Crippen molar-refractivity contribution in [3.05, 3.63) is 46.3 Å². The average Bonchev–Trinajstić information content (AvgIpc) is 2.28. The number of aryl methyl sites for hydroxylation is 1. The Balaban J connectivity index is 3.08. The summed E-state index contributed by atoms with van der Waals surface area (Å²) in [4.78, 5) is 36.1. The lowest BCUT2D eigenvalue weighted by Crippen LogP contribution is -2.29. The maximum Gasteiger partial charge on any atom is 0.288 e. The maximum atomic E-state index is 11.6. The Morgan fingerprint density at radius 3 is 2.76 bits per heavy atom. The van der Waals surface area contributed by atoms with E-state index in [2.05, 4.69) is 11.6 Å². The summed E-state index contributed by atoms with van der Waals surface area (Å²) >= 11 is 0. The summed E-state index contributed by atoms with van der Waals surface area (Å²) in [5.74, 6) is -1.43. The first-order chi connectivity index (χ1) is 7.95. The van der Waals surface area contributed by atoms with E-state index >= 15 is 0 Å². The minimum atomic E-state index is -0.747. The summed E-state index contributed by atoms with van der Waals surface area (Å²) in [6.45, 7) is 4.70. The molecular weight excluding hydrogens is 226 g/mol. The quantitative estimate of drug-likeness (QED) is 0.473. The second kappa shape index (κ2) is 4.97. The highest BCUT2D eigenvalue weighted by Crippen LogP contribution is 2.14. The molecular formula is C10H9N3O4. The molecule has 1 aromatic heterocycles. The van der Waals surface area contributed by atoms with Crippen LogP contribution in [0, 0.1) is 17.0 Å². The summed E-state index contributed by atoms with van der Waals surface area (Å²) in [5.41, 5.74) is -0.0360. The fourth-order valence-electron chi connectivity index (χ4n) is 1.08. The number of pyridine rings is 1. The van der Waals surface area contributed by atoms with Crippen LogP contribution in [-0.4, -0.2) is 21.7 Å². The lowest BCUT2D eigenvalue weighted by Gasteiger charge is -2.03. The van der Waals surface area contributed by atoms with Crippen molar-refractivity contribution in [3.63, 3.8) is 0 Å². The molecule has 1 N–H and O–H groups in total. The zero-order valence-electron chi connectivity index (χ0n) is 8.97. The van der Waals surface area contributed by atoms with E-state index in [4.69, 9.17) is 0 Å². The minimum Gasteiger partial charge on any atom is -0.289 e. The van der Waals surface area contributed by atoms with Gasteiger partial charge < -0.3 is 0 Å². The zero-order chi connectivity index (χ0) is 13.0. The number of hydrogen-bond donors (Lipinski definition) is 1. The van der Waals surface area contributed by atoms with Crippen molar-refractivity contribution in [1.29, 1.82) is 0 Å². The lowest BCUT2D eigenvalue weighted by atomic mass is 10.2. The van der Waals surface area contributed by atoms with Crippen LogP contribution in [0.15, 0.2) is 24.9 Å². The van der Waals surface area contributed by atoms with Crippen LogP contribution in [0.25, 0.3) is 0 Å². The Kier molecular flexibility index (Phi) is 3.66. The number of nitrogens with zero attached hydrogens (tertiary/aromatic N) is 2. The minimum absolute atomic E-state index is 0.0191. The highest BCUT2D eigenvalue weighted by Gasteiger charge is 2.16. The molecule has 1 rings (SSSR count). The Morgan fingerprint density at radius 1 is 1.59 bits per heavy atom. The van der Waals surface area contributed by atoms with E-state index in [1.165, 1.54) is 6.92 Å². The van der Waals surface area contributed by atoms with Gasteiger partial charge in [0.05, 0.1) is 16.2 Å². The second-order valence-corrected chi connectivity index (χ2v) is 3.11. The predicted molar refractivity (Wildman–Crippen MR) is 58.3 cm³/mol. The molecule has 0 saturated carbocycles. The fraction of sp³-hybridized carbons (Fsp3) is 0.100. The summed E-state index contributed by atoms with van der Waals surface area (Å²) in [6.07, 6.45) is 1.97. The van der Waals surface area contributed by atoms with Gasteiger partial charge in [0.25, 0.3) is 11.6 Å². The van der Waals surface area contributed by atoms with Gasteiger partial charge in [0.2, 0.25) is 5.91 Å². The van der Waals surface area contributed by atoms with Crippen molar-refractivity contribution >= 4 is 17.5 Å². The number of amides is 2. The third kappa shape index (κ3) is 2.94. The summed E-state index contributed by atoms with van der Waals surface area (Å²) in [5, 5.41) is 12.5. The molecule has 0 spiro atoms. The van der Waals surface area contributed by atoms with Crippen LogP contribution in [-0.2, 0) is 4.79 Å². The third-order valence-electron chi connectivity index (χ3n) is 1.95. The Labute approximate surface area is 96.3 Å². The molecule has 0 aliphatic heterocycles. The molecule has 0 fully saturated rings. The Morgan fingerprint density at radius 2 is 2.24 bits per heavy atom. The molecule has 0 aliphatic rings. The topological polar surface area (TPSA) is 102 Å². The molecule has 88 valence electrons. The van der Waals surface area contributed by atoms with Gasteiger partial charge in [-0.2, -0.15) is 0 Å². The van der Waals surface area contributed by atoms with Crippen molar-refractivity contribution in [2.24, 2.45) is 0 Å². The molecule has 7 heteroatoms. The number of aromatic nitrogens is 1. The van der Waals surface area contributed by atoms with Crippen molar-refractivity contribution in [1.82, 2.24) is 10.3 Å². The Bertz CT molecular complexity index is 510. The number of imide groups is 1. The van der Waals surface area contributed by atoms with Crippen LogP contribution in [0.5, 0.6) is 0 Å². The van der Waals surface area contributed by atoms with Crippen LogP contribution in [0.1, 0.15) is 16.1 Å². The highest BCUT2D eigenvalue weighted by atomic mass is 16.6. The molecule has 0 bridgehead atoms. The van der Waals surface area contributed by atoms with Gasteiger partial charge in [-0.25, -0.2) is 0 Å². The highest BCUT2D eigenvalue weighted by molar-refractivity contribution is 6.08. The summed E-state index contributed by atoms with van der Waals surface area (Å²) in [7, 11) is 0. The lowest BCUT2D eigenvalue weighted by molar-refractivity contribution is -0.385. The molecule has 0 radical (unpaired) electrons. The van der Waals surface area contributed by atoms with Crippen LogP contribution < -0.4 is 5.32 Å². The largest absolute Gasteiger partial charge is 0.289 e. The summed E-state index contributed by atoms with van der Waals surface area (Å²) in [6, 6.07) is 1.06. The Hall–Kier alpha value is -2.57. The first-order valence-electron chi connectivity index (χ1n) is 4.54. The van der Waals surface area contributed by atoms with Crippen molar-refractivity contribution < 1.29 is 14.5 Å². The number of nitrogens with one attached hydrogen (secondary N) is 1. The number of carbonyl (C=O) groups is 2. The molecule has 0 aliphatic carbocycles. The van der Waals surface area contributed by atoms with E-state index in [1.807, 2.05) is 5.32 Å². The predicted octanol–water partition coefficient (Wildman–Crippen LogP) is 0.741. The van der Waals surface area contributed by atoms with Gasteiger partial charge in [-0.15, -0.1) is 0 Å².